The molecule has 1 aromatic rings. The molecular weight excluding hydrogens is 396 g/mol. The average molecular weight is 433 g/mol. The van der Waals surface area contributed by atoms with Crippen molar-refractivity contribution < 1.29 is 14.3 Å². The molecule has 0 aromatic heterocycles. The number of piperidine rings is 1. The van der Waals surface area contributed by atoms with Crippen molar-refractivity contribution in [1.82, 2.24) is 9.80 Å². The number of carbonyl (C=O) groups excluding carboxylic acids is 2. The lowest BCUT2D eigenvalue weighted by molar-refractivity contribution is -0.150. The smallest absolute Gasteiger partial charge is 0.235 e. The van der Waals surface area contributed by atoms with Gasteiger partial charge >= 0.3 is 0 Å². The summed E-state index contributed by atoms with van der Waals surface area (Å²) in [5, 5.41) is -0.0431. The van der Waals surface area contributed by atoms with E-state index >= 15 is 0 Å². The van der Waals surface area contributed by atoms with E-state index in [2.05, 4.69) is 26.0 Å². The molecule has 0 N–H and O–H groups in total. The Morgan fingerprint density at radius 1 is 1.03 bits per heavy atom. The summed E-state index contributed by atoms with van der Waals surface area (Å²) in [7, 11) is 0. The molecule has 2 heterocycles. The molecule has 166 valence electrons. The quantitative estimate of drug-likeness (QED) is 0.686. The number of benzene rings is 1. The molecule has 5 nitrogen and oxygen atoms in total. The maximum Gasteiger partial charge on any atom is 0.235 e. The third kappa shape index (κ3) is 6.01. The second-order valence-electron chi connectivity index (χ2n) is 9.06. The first-order chi connectivity index (χ1) is 14.3. The first-order valence-corrected chi connectivity index (χ1v) is 12.3. The minimum atomic E-state index is -0.0431. The van der Waals surface area contributed by atoms with Crippen LogP contribution in [0, 0.1) is 11.8 Å². The highest BCUT2D eigenvalue weighted by Crippen LogP contribution is 2.28. The summed E-state index contributed by atoms with van der Waals surface area (Å²) < 4.78 is 5.76. The van der Waals surface area contributed by atoms with Crippen LogP contribution in [-0.4, -0.2) is 65.3 Å². The van der Waals surface area contributed by atoms with Gasteiger partial charge in [0.1, 0.15) is 0 Å². The van der Waals surface area contributed by atoms with E-state index in [1.54, 1.807) is 11.8 Å². The Bertz CT molecular complexity index is 694. The van der Waals surface area contributed by atoms with Gasteiger partial charge in [0.15, 0.2) is 0 Å². The fourth-order valence-electron chi connectivity index (χ4n) is 4.45. The van der Waals surface area contributed by atoms with E-state index in [9.17, 15) is 9.59 Å². The number of amides is 2. The molecule has 6 heteroatoms. The van der Waals surface area contributed by atoms with Crippen molar-refractivity contribution >= 4 is 23.6 Å². The zero-order valence-corrected chi connectivity index (χ0v) is 19.6. The summed E-state index contributed by atoms with van der Waals surface area (Å²) in [5.74, 6) is 1.62. The van der Waals surface area contributed by atoms with Crippen LogP contribution in [0.15, 0.2) is 30.3 Å². The largest absolute Gasteiger partial charge is 0.372 e. The Labute approximate surface area is 185 Å². The number of ether oxygens (including phenoxy) is 1. The molecule has 0 spiro atoms. The number of nitrogens with zero attached hydrogens (tertiary/aromatic N) is 2. The van der Waals surface area contributed by atoms with Crippen LogP contribution in [0.1, 0.15) is 46.1 Å². The fourth-order valence-corrected chi connectivity index (χ4v) is 5.69. The maximum absolute atomic E-state index is 13.2. The van der Waals surface area contributed by atoms with Crippen molar-refractivity contribution in [3.05, 3.63) is 35.9 Å². The van der Waals surface area contributed by atoms with E-state index in [1.165, 1.54) is 5.56 Å². The van der Waals surface area contributed by atoms with E-state index in [-0.39, 0.29) is 41.1 Å². The van der Waals surface area contributed by atoms with Crippen molar-refractivity contribution in [3.63, 3.8) is 0 Å². The summed E-state index contributed by atoms with van der Waals surface area (Å²) in [6.45, 7) is 11.0. The first kappa shape index (κ1) is 23.1. The highest BCUT2D eigenvalue weighted by molar-refractivity contribution is 7.99. The van der Waals surface area contributed by atoms with Gasteiger partial charge in [-0.1, -0.05) is 44.2 Å². The second kappa shape index (κ2) is 10.7. The Balaban J connectivity index is 1.52. The highest BCUT2D eigenvalue weighted by Gasteiger charge is 2.35. The molecule has 0 aliphatic carbocycles. The molecule has 2 fully saturated rings. The Morgan fingerprint density at radius 2 is 1.63 bits per heavy atom. The third-order valence-corrected chi connectivity index (χ3v) is 7.61. The predicted molar refractivity (Wildman–Crippen MR) is 122 cm³/mol. The number of carbonyl (C=O) groups is 2. The van der Waals surface area contributed by atoms with Gasteiger partial charge in [-0.2, -0.15) is 0 Å². The van der Waals surface area contributed by atoms with Gasteiger partial charge < -0.3 is 14.5 Å². The zero-order chi connectivity index (χ0) is 21.7. The van der Waals surface area contributed by atoms with E-state index in [4.69, 9.17) is 4.74 Å². The van der Waals surface area contributed by atoms with Gasteiger partial charge in [0, 0.05) is 37.8 Å². The standard InChI is InChI=1S/C24H36N2O3S/c1-17(2)22(30-16-20-8-6-5-7-9-20)24(28)25-12-10-21(11-13-25)23(27)26-14-18(3)29-19(4)15-26/h5-9,17-19,21-22H,10-16H2,1-4H3. The van der Waals surface area contributed by atoms with Crippen molar-refractivity contribution in [2.75, 3.05) is 26.2 Å². The number of rotatable bonds is 6. The number of thioether (sulfide) groups is 1. The number of likely N-dealkylation sites (tertiary alicyclic amines) is 1. The van der Waals surface area contributed by atoms with Gasteiger partial charge in [-0.05, 0) is 38.2 Å². The van der Waals surface area contributed by atoms with Crippen LogP contribution in [0.4, 0.5) is 0 Å². The summed E-state index contributed by atoms with van der Waals surface area (Å²) in [6, 6.07) is 10.3. The van der Waals surface area contributed by atoms with Crippen LogP contribution >= 0.6 is 11.8 Å². The first-order valence-electron chi connectivity index (χ1n) is 11.2. The average Bonchev–Trinajstić information content (AvgIpc) is 2.73. The van der Waals surface area contributed by atoms with Crippen LogP contribution in [-0.2, 0) is 20.1 Å². The van der Waals surface area contributed by atoms with Gasteiger partial charge in [-0.25, -0.2) is 0 Å². The molecule has 0 bridgehead atoms. The molecular formula is C24H36N2O3S. The summed E-state index contributed by atoms with van der Waals surface area (Å²) in [5.41, 5.74) is 1.25. The molecule has 0 saturated carbocycles. The number of hydrogen-bond acceptors (Lipinski definition) is 4. The molecule has 3 rings (SSSR count). The maximum atomic E-state index is 13.2. The monoisotopic (exact) mass is 432 g/mol. The lowest BCUT2D eigenvalue weighted by Crippen LogP contribution is -2.52. The highest BCUT2D eigenvalue weighted by atomic mass is 32.2. The topological polar surface area (TPSA) is 49.9 Å². The molecule has 2 saturated heterocycles. The molecule has 1 aromatic carbocycles. The van der Waals surface area contributed by atoms with Crippen molar-refractivity contribution in [2.24, 2.45) is 11.8 Å². The van der Waals surface area contributed by atoms with E-state index < -0.39 is 0 Å². The lowest BCUT2D eigenvalue weighted by atomic mass is 9.94. The summed E-state index contributed by atoms with van der Waals surface area (Å²) in [4.78, 5) is 30.2. The molecule has 2 amide bonds. The Hall–Kier alpha value is -1.53. The van der Waals surface area contributed by atoms with Crippen molar-refractivity contribution in [2.45, 2.75) is 63.7 Å². The SMILES string of the molecule is CC1CN(C(=O)C2CCN(C(=O)C(SCc3ccccc3)C(C)C)CC2)CC(C)O1. The molecule has 2 aliphatic heterocycles. The van der Waals surface area contributed by atoms with E-state index in [1.807, 2.05) is 41.8 Å². The van der Waals surface area contributed by atoms with Crippen molar-refractivity contribution in [1.29, 1.82) is 0 Å². The minimum absolute atomic E-state index is 0.0287. The van der Waals surface area contributed by atoms with Gasteiger partial charge in [0.05, 0.1) is 17.5 Å². The summed E-state index contributed by atoms with van der Waals surface area (Å²) >= 11 is 1.73. The fraction of sp³-hybridized carbons (Fsp3) is 0.667. The molecule has 3 unspecified atom stereocenters. The Morgan fingerprint density at radius 3 is 2.20 bits per heavy atom. The van der Waals surface area contributed by atoms with Crippen LogP contribution in [0.25, 0.3) is 0 Å². The zero-order valence-electron chi connectivity index (χ0n) is 18.8. The number of morpholine rings is 1. The van der Waals surface area contributed by atoms with Crippen molar-refractivity contribution in [3.8, 4) is 0 Å². The normalized spacial score (nSPS) is 24.2. The van der Waals surface area contributed by atoms with Crippen LogP contribution < -0.4 is 0 Å². The predicted octanol–water partition coefficient (Wildman–Crippen LogP) is 3.82. The molecule has 30 heavy (non-hydrogen) atoms. The molecule has 3 atom stereocenters. The minimum Gasteiger partial charge on any atom is -0.372 e. The van der Waals surface area contributed by atoms with Gasteiger partial charge in [0.2, 0.25) is 11.8 Å². The second-order valence-corrected chi connectivity index (χ2v) is 10.2. The number of hydrogen-bond donors (Lipinski definition) is 0. The van der Waals surface area contributed by atoms with E-state index in [0.717, 1.165) is 18.6 Å². The summed E-state index contributed by atoms with van der Waals surface area (Å²) in [6.07, 6.45) is 1.71. The van der Waals surface area contributed by atoms with Gasteiger partial charge in [-0.3, -0.25) is 9.59 Å². The third-order valence-electron chi connectivity index (χ3n) is 6.01. The van der Waals surface area contributed by atoms with Crippen LogP contribution in [0.3, 0.4) is 0 Å². The van der Waals surface area contributed by atoms with Crippen LogP contribution in [0.5, 0.6) is 0 Å². The van der Waals surface area contributed by atoms with Gasteiger partial charge in [0.25, 0.3) is 0 Å². The van der Waals surface area contributed by atoms with Gasteiger partial charge in [-0.15, -0.1) is 11.8 Å². The molecule has 2 aliphatic rings. The molecule has 0 radical (unpaired) electrons. The Kier molecular flexibility index (Phi) is 8.23. The van der Waals surface area contributed by atoms with Crippen LogP contribution in [0.2, 0.25) is 0 Å². The van der Waals surface area contributed by atoms with E-state index in [0.29, 0.717) is 26.2 Å². The lowest BCUT2D eigenvalue weighted by Gasteiger charge is -2.40.